The molecule has 21 heavy (non-hydrogen) atoms. The molecule has 2 fully saturated rings. The summed E-state index contributed by atoms with van der Waals surface area (Å²) in [5, 5.41) is 9.33. The van der Waals surface area contributed by atoms with Crippen molar-refractivity contribution in [3.8, 4) is 0 Å². The molecule has 1 aromatic heterocycles. The quantitative estimate of drug-likeness (QED) is 0.923. The zero-order chi connectivity index (χ0) is 15.2. The maximum absolute atomic E-state index is 12.6. The van der Waals surface area contributed by atoms with Crippen molar-refractivity contribution in [2.45, 2.75) is 45.4 Å². The summed E-state index contributed by atoms with van der Waals surface area (Å²) in [4.78, 5) is 29.9. The molecule has 1 amide bonds. The molecule has 6 nitrogen and oxygen atoms in total. The molecule has 1 aromatic rings. The van der Waals surface area contributed by atoms with Gasteiger partial charge in [0.1, 0.15) is 0 Å². The minimum absolute atomic E-state index is 0.222. The lowest BCUT2D eigenvalue weighted by Crippen LogP contribution is -2.48. The fourth-order valence-corrected chi connectivity index (χ4v) is 2.85. The van der Waals surface area contributed by atoms with Crippen LogP contribution in [0.4, 0.5) is 0 Å². The Bertz CT molecular complexity index is 590. The SMILES string of the molecule is Cc1nc(C2CC2)oc1C(=O)N1CCCC(C)(C(=O)O)C1. The summed E-state index contributed by atoms with van der Waals surface area (Å²) in [6.07, 6.45) is 3.41. The van der Waals surface area contributed by atoms with Crippen LogP contribution in [0, 0.1) is 12.3 Å². The highest BCUT2D eigenvalue weighted by Gasteiger charge is 2.41. The first-order chi connectivity index (χ1) is 9.90. The first kappa shape index (κ1) is 14.1. The van der Waals surface area contributed by atoms with E-state index in [0.29, 0.717) is 36.9 Å². The Kier molecular flexibility index (Phi) is 3.26. The van der Waals surface area contributed by atoms with Gasteiger partial charge in [0.15, 0.2) is 5.89 Å². The van der Waals surface area contributed by atoms with Crippen molar-refractivity contribution in [1.29, 1.82) is 0 Å². The second-order valence-electron chi connectivity index (χ2n) is 6.44. The highest BCUT2D eigenvalue weighted by molar-refractivity contribution is 5.93. The van der Waals surface area contributed by atoms with Crippen LogP contribution in [-0.2, 0) is 4.79 Å². The molecule has 1 aliphatic heterocycles. The van der Waals surface area contributed by atoms with Gasteiger partial charge in [0.05, 0.1) is 11.1 Å². The number of hydrogen-bond donors (Lipinski definition) is 1. The fraction of sp³-hybridized carbons (Fsp3) is 0.667. The number of aromatic nitrogens is 1. The van der Waals surface area contributed by atoms with Gasteiger partial charge in [-0.25, -0.2) is 4.98 Å². The highest BCUT2D eigenvalue weighted by Crippen LogP contribution is 2.40. The average molecular weight is 292 g/mol. The molecule has 6 heteroatoms. The molecular weight excluding hydrogens is 272 g/mol. The van der Waals surface area contributed by atoms with Crippen molar-refractivity contribution in [1.82, 2.24) is 9.88 Å². The molecule has 1 unspecified atom stereocenters. The van der Waals surface area contributed by atoms with Gasteiger partial charge >= 0.3 is 5.97 Å². The van der Waals surface area contributed by atoms with Crippen LogP contribution < -0.4 is 0 Å². The Hall–Kier alpha value is -1.85. The molecule has 114 valence electrons. The number of likely N-dealkylation sites (tertiary alicyclic amines) is 1. The molecule has 2 heterocycles. The Morgan fingerprint density at radius 1 is 1.43 bits per heavy atom. The first-order valence-corrected chi connectivity index (χ1v) is 7.41. The Balaban J connectivity index is 1.79. The Morgan fingerprint density at radius 3 is 2.76 bits per heavy atom. The summed E-state index contributed by atoms with van der Waals surface area (Å²) < 4.78 is 5.63. The van der Waals surface area contributed by atoms with Crippen LogP contribution in [0.25, 0.3) is 0 Å². The standard InChI is InChI=1S/C15H20N2O4/c1-9-11(21-12(16-9)10-4-5-10)13(18)17-7-3-6-15(2,8-17)14(19)20/h10H,3-8H2,1-2H3,(H,19,20). The summed E-state index contributed by atoms with van der Waals surface area (Å²) in [5.41, 5.74) is -0.272. The van der Waals surface area contributed by atoms with Crippen LogP contribution in [-0.4, -0.2) is 40.0 Å². The van der Waals surface area contributed by atoms with Gasteiger partial charge in [-0.15, -0.1) is 0 Å². The number of nitrogens with zero attached hydrogens (tertiary/aromatic N) is 2. The summed E-state index contributed by atoms with van der Waals surface area (Å²) in [6.45, 7) is 4.25. The van der Waals surface area contributed by atoms with Gasteiger partial charge in [-0.2, -0.15) is 0 Å². The van der Waals surface area contributed by atoms with E-state index in [9.17, 15) is 14.7 Å². The van der Waals surface area contributed by atoms with Crippen LogP contribution in [0.15, 0.2) is 4.42 Å². The van der Waals surface area contributed by atoms with Gasteiger partial charge in [-0.1, -0.05) is 0 Å². The number of carbonyl (C=O) groups is 2. The van der Waals surface area contributed by atoms with E-state index in [2.05, 4.69) is 4.98 Å². The largest absolute Gasteiger partial charge is 0.481 e. The van der Waals surface area contributed by atoms with Gasteiger partial charge in [0.25, 0.3) is 5.91 Å². The lowest BCUT2D eigenvalue weighted by Gasteiger charge is -2.37. The summed E-state index contributed by atoms with van der Waals surface area (Å²) in [7, 11) is 0. The summed E-state index contributed by atoms with van der Waals surface area (Å²) in [6, 6.07) is 0. The number of hydrogen-bond acceptors (Lipinski definition) is 4. The predicted molar refractivity (Wildman–Crippen MR) is 74.1 cm³/mol. The number of oxazole rings is 1. The molecule has 0 bridgehead atoms. The number of rotatable bonds is 3. The third-order valence-electron chi connectivity index (χ3n) is 4.43. The van der Waals surface area contributed by atoms with Gasteiger partial charge in [-0.3, -0.25) is 9.59 Å². The van der Waals surface area contributed by atoms with Crippen molar-refractivity contribution in [2.75, 3.05) is 13.1 Å². The van der Waals surface area contributed by atoms with Gasteiger partial charge in [0, 0.05) is 19.0 Å². The van der Waals surface area contributed by atoms with Crippen LogP contribution in [0.1, 0.15) is 60.7 Å². The number of carboxylic acids is 1. The predicted octanol–water partition coefficient (Wildman–Crippen LogP) is 2.19. The number of aryl methyl sites for hydroxylation is 1. The molecule has 3 rings (SSSR count). The Labute approximate surface area is 123 Å². The smallest absolute Gasteiger partial charge is 0.311 e. The van der Waals surface area contributed by atoms with Crippen molar-refractivity contribution >= 4 is 11.9 Å². The molecule has 1 saturated heterocycles. The second kappa shape index (κ2) is 4.86. The average Bonchev–Trinajstić information content (AvgIpc) is 3.21. The van der Waals surface area contributed by atoms with Crippen LogP contribution in [0.3, 0.4) is 0 Å². The van der Waals surface area contributed by atoms with E-state index >= 15 is 0 Å². The molecule has 0 radical (unpaired) electrons. The van der Waals surface area contributed by atoms with Gasteiger partial charge in [-0.05, 0) is 39.5 Å². The van der Waals surface area contributed by atoms with Crippen molar-refractivity contribution in [3.05, 3.63) is 17.3 Å². The number of carbonyl (C=O) groups excluding carboxylic acids is 1. The van der Waals surface area contributed by atoms with E-state index in [0.717, 1.165) is 12.8 Å². The van der Waals surface area contributed by atoms with E-state index < -0.39 is 11.4 Å². The highest BCUT2D eigenvalue weighted by atomic mass is 16.4. The zero-order valence-electron chi connectivity index (χ0n) is 12.4. The molecule has 0 aromatic carbocycles. The van der Waals surface area contributed by atoms with E-state index in [1.54, 1.807) is 18.7 Å². The van der Waals surface area contributed by atoms with Crippen LogP contribution in [0.5, 0.6) is 0 Å². The van der Waals surface area contributed by atoms with E-state index in [1.165, 1.54) is 0 Å². The molecule has 1 saturated carbocycles. The number of amides is 1. The summed E-state index contributed by atoms with van der Waals surface area (Å²) in [5.74, 6) is 0.184. The lowest BCUT2D eigenvalue weighted by atomic mass is 9.82. The topological polar surface area (TPSA) is 83.6 Å². The molecule has 0 spiro atoms. The first-order valence-electron chi connectivity index (χ1n) is 7.41. The van der Waals surface area contributed by atoms with E-state index in [1.807, 2.05) is 0 Å². The maximum atomic E-state index is 12.6. The molecule has 1 atom stereocenters. The normalized spacial score (nSPS) is 25.9. The Morgan fingerprint density at radius 2 is 2.14 bits per heavy atom. The van der Waals surface area contributed by atoms with Gasteiger partial charge < -0.3 is 14.4 Å². The van der Waals surface area contributed by atoms with E-state index in [4.69, 9.17) is 4.42 Å². The van der Waals surface area contributed by atoms with Crippen molar-refractivity contribution in [3.63, 3.8) is 0 Å². The van der Waals surface area contributed by atoms with Crippen molar-refractivity contribution in [2.24, 2.45) is 5.41 Å². The number of carboxylic acid groups (broad SMARTS) is 1. The minimum atomic E-state index is -0.874. The van der Waals surface area contributed by atoms with Crippen molar-refractivity contribution < 1.29 is 19.1 Å². The molecule has 2 aliphatic rings. The lowest BCUT2D eigenvalue weighted by molar-refractivity contribution is -0.150. The monoisotopic (exact) mass is 292 g/mol. The van der Waals surface area contributed by atoms with Crippen LogP contribution in [0.2, 0.25) is 0 Å². The second-order valence-corrected chi connectivity index (χ2v) is 6.44. The van der Waals surface area contributed by atoms with E-state index in [-0.39, 0.29) is 18.2 Å². The summed E-state index contributed by atoms with van der Waals surface area (Å²) >= 11 is 0. The maximum Gasteiger partial charge on any atom is 0.311 e. The molecule has 1 aliphatic carbocycles. The number of piperidine rings is 1. The number of aliphatic carboxylic acids is 1. The fourth-order valence-electron chi connectivity index (χ4n) is 2.85. The minimum Gasteiger partial charge on any atom is -0.481 e. The molecule has 1 N–H and O–H groups in total. The zero-order valence-corrected chi connectivity index (χ0v) is 12.4. The third-order valence-corrected chi connectivity index (χ3v) is 4.43. The van der Waals surface area contributed by atoms with Gasteiger partial charge in [0.2, 0.25) is 5.76 Å². The molecular formula is C15H20N2O4. The third kappa shape index (κ3) is 2.54. The van der Waals surface area contributed by atoms with Crippen LogP contribution >= 0.6 is 0 Å².